The van der Waals surface area contributed by atoms with Gasteiger partial charge >= 0.3 is 13.8 Å². The van der Waals surface area contributed by atoms with Crippen LogP contribution in [0.1, 0.15) is 162 Å². The lowest BCUT2D eigenvalue weighted by Crippen LogP contribution is -2.27. The van der Waals surface area contributed by atoms with Crippen LogP contribution in [0.25, 0.3) is 0 Å². The quantitative estimate of drug-likeness (QED) is 0.0240. The highest BCUT2D eigenvalue weighted by atomic mass is 31.2. The van der Waals surface area contributed by atoms with Crippen molar-refractivity contribution in [3.63, 3.8) is 0 Å². The third-order valence-corrected chi connectivity index (χ3v) is 9.92. The molecule has 0 radical (unpaired) electrons. The summed E-state index contributed by atoms with van der Waals surface area (Å²) < 4.78 is 26.8. The fourth-order valence-electron chi connectivity index (χ4n) is 5.52. The van der Waals surface area contributed by atoms with Crippen molar-refractivity contribution < 1.29 is 37.9 Å². The van der Waals surface area contributed by atoms with Gasteiger partial charge in [-0.05, 0) is 96.3 Å². The molecular formula is C50H82NO8P. The molecule has 340 valence electrons. The standard InChI is InChI=1S/C50H82NO8P/c1-3-5-7-9-11-13-15-17-19-21-22-23-24-25-26-27-29-31-33-35-37-39-41-43-50(54)57-46-48(52)47-59-60(55,56)58-45-44-51-49(53)42-40-38-36-34-32-30-28-20-18-16-14-12-10-8-6-4-2/h5,7,11,13-14,16-17,19-20,22-23,25-26,28-29,31,35,37,48,52H,3-4,6,8-10,12,15,18,21,24,27,30,32-34,36,38-47H2,1-2H3,(H,51,53)(H,55,56)/b7-5-,13-11-,16-14-,19-17-,23-22-,26-25-,28-20-,31-29-,37-35-. The SMILES string of the molecule is CC/C=C\C/C=C\C/C=C\C/C=C\C/C=C\C/C=C\C/C=C\CCCC(=O)OCC(O)COP(=O)(O)OCCNC(=O)CCCCCCC/C=C\C/C=C\CCCCCC. The fraction of sp³-hybridized carbons (Fsp3) is 0.600. The number of hydrogen-bond donors (Lipinski definition) is 3. The zero-order valence-corrected chi connectivity index (χ0v) is 38.2. The first-order valence-electron chi connectivity index (χ1n) is 22.9. The van der Waals surface area contributed by atoms with Crippen LogP contribution in [0.2, 0.25) is 0 Å². The highest BCUT2D eigenvalue weighted by molar-refractivity contribution is 7.47. The van der Waals surface area contributed by atoms with Crippen LogP contribution in [-0.2, 0) is 27.9 Å². The highest BCUT2D eigenvalue weighted by Crippen LogP contribution is 2.42. The average molecular weight is 856 g/mol. The van der Waals surface area contributed by atoms with Crippen molar-refractivity contribution in [2.45, 2.75) is 168 Å². The monoisotopic (exact) mass is 856 g/mol. The summed E-state index contributed by atoms with van der Waals surface area (Å²) in [7, 11) is -4.44. The normalized spacial score (nSPS) is 14.3. The molecule has 0 bridgehead atoms. The van der Waals surface area contributed by atoms with Gasteiger partial charge in [0.05, 0.1) is 13.2 Å². The summed E-state index contributed by atoms with van der Waals surface area (Å²) in [5, 5.41) is 12.7. The Morgan fingerprint density at radius 3 is 1.47 bits per heavy atom. The van der Waals surface area contributed by atoms with E-state index in [-0.39, 0.29) is 32.1 Å². The van der Waals surface area contributed by atoms with E-state index in [1.54, 1.807) is 0 Å². The van der Waals surface area contributed by atoms with Crippen LogP contribution in [0.15, 0.2) is 109 Å². The zero-order chi connectivity index (χ0) is 43.9. The molecule has 0 aliphatic rings. The number of carbonyl (C=O) groups excluding carboxylic acids is 2. The number of phosphoric acid groups is 1. The molecule has 0 aliphatic carbocycles. The summed E-state index contributed by atoms with van der Waals surface area (Å²) in [6.45, 7) is 3.32. The molecule has 0 aliphatic heterocycles. The van der Waals surface area contributed by atoms with Crippen molar-refractivity contribution in [3.05, 3.63) is 109 Å². The third kappa shape index (κ3) is 45.7. The van der Waals surface area contributed by atoms with Gasteiger partial charge < -0.3 is 20.1 Å². The van der Waals surface area contributed by atoms with Crippen LogP contribution in [0.3, 0.4) is 0 Å². The molecule has 0 spiro atoms. The molecular weight excluding hydrogens is 774 g/mol. The Kier molecular flexibility index (Phi) is 42.7. The molecule has 0 aromatic rings. The lowest BCUT2D eigenvalue weighted by molar-refractivity contribution is -0.147. The smallest absolute Gasteiger partial charge is 0.463 e. The molecule has 10 heteroatoms. The van der Waals surface area contributed by atoms with Gasteiger partial charge in [0.2, 0.25) is 5.91 Å². The lowest BCUT2D eigenvalue weighted by atomic mass is 10.1. The number of esters is 1. The number of nitrogens with one attached hydrogen (secondary N) is 1. The van der Waals surface area contributed by atoms with Crippen LogP contribution >= 0.6 is 7.82 Å². The molecule has 0 rings (SSSR count). The summed E-state index contributed by atoms with van der Waals surface area (Å²) in [4.78, 5) is 33.9. The molecule has 0 saturated heterocycles. The molecule has 0 aromatic heterocycles. The maximum atomic E-state index is 12.1. The van der Waals surface area contributed by atoms with Crippen molar-refractivity contribution in [2.75, 3.05) is 26.4 Å². The number of allylic oxidation sites excluding steroid dienone is 18. The summed E-state index contributed by atoms with van der Waals surface area (Å²) in [5.74, 6) is -0.601. The van der Waals surface area contributed by atoms with Gasteiger partial charge in [-0.3, -0.25) is 18.6 Å². The molecule has 1 amide bonds. The first kappa shape index (κ1) is 56.7. The van der Waals surface area contributed by atoms with Crippen LogP contribution in [-0.4, -0.2) is 54.3 Å². The summed E-state index contributed by atoms with van der Waals surface area (Å²) in [6.07, 6.45) is 60.2. The number of phosphoric ester groups is 1. The predicted molar refractivity (Wildman–Crippen MR) is 252 cm³/mol. The van der Waals surface area contributed by atoms with Gasteiger partial charge in [0.25, 0.3) is 0 Å². The summed E-state index contributed by atoms with van der Waals surface area (Å²) in [5.41, 5.74) is 0. The van der Waals surface area contributed by atoms with E-state index < -0.39 is 26.5 Å². The number of carbonyl (C=O) groups is 2. The highest BCUT2D eigenvalue weighted by Gasteiger charge is 2.23. The zero-order valence-electron chi connectivity index (χ0n) is 37.4. The second-order valence-corrected chi connectivity index (χ2v) is 16.1. The maximum Gasteiger partial charge on any atom is 0.472 e. The van der Waals surface area contributed by atoms with Crippen molar-refractivity contribution in [3.8, 4) is 0 Å². The van der Waals surface area contributed by atoms with E-state index in [0.717, 1.165) is 96.3 Å². The predicted octanol–water partition coefficient (Wildman–Crippen LogP) is 13.2. The van der Waals surface area contributed by atoms with E-state index in [4.69, 9.17) is 13.8 Å². The van der Waals surface area contributed by atoms with Gasteiger partial charge in [-0.1, -0.05) is 162 Å². The summed E-state index contributed by atoms with van der Waals surface area (Å²) >= 11 is 0. The number of rotatable bonds is 41. The van der Waals surface area contributed by atoms with Crippen molar-refractivity contribution in [1.29, 1.82) is 0 Å². The van der Waals surface area contributed by atoms with E-state index in [0.29, 0.717) is 12.8 Å². The minimum absolute atomic E-state index is 0.0605. The molecule has 0 aromatic carbocycles. The van der Waals surface area contributed by atoms with Gasteiger partial charge in [0, 0.05) is 19.4 Å². The van der Waals surface area contributed by atoms with Gasteiger partial charge in [-0.15, -0.1) is 0 Å². The van der Waals surface area contributed by atoms with Gasteiger partial charge in [-0.2, -0.15) is 0 Å². The van der Waals surface area contributed by atoms with Gasteiger partial charge in [0.15, 0.2) is 0 Å². The van der Waals surface area contributed by atoms with Crippen molar-refractivity contribution in [2.24, 2.45) is 0 Å². The number of aliphatic hydroxyl groups is 1. The summed E-state index contributed by atoms with van der Waals surface area (Å²) in [6, 6.07) is 0. The minimum atomic E-state index is -4.44. The largest absolute Gasteiger partial charge is 0.472 e. The first-order chi connectivity index (χ1) is 29.3. The van der Waals surface area contributed by atoms with E-state index in [9.17, 15) is 24.2 Å². The number of hydrogen-bond acceptors (Lipinski definition) is 7. The first-order valence-corrected chi connectivity index (χ1v) is 24.4. The molecule has 60 heavy (non-hydrogen) atoms. The Bertz CT molecular complexity index is 1340. The molecule has 2 unspecified atom stereocenters. The molecule has 0 fully saturated rings. The Morgan fingerprint density at radius 1 is 0.533 bits per heavy atom. The van der Waals surface area contributed by atoms with Crippen LogP contribution < -0.4 is 5.32 Å². The Morgan fingerprint density at radius 2 is 0.967 bits per heavy atom. The molecule has 0 saturated carbocycles. The average Bonchev–Trinajstić information content (AvgIpc) is 3.23. The molecule has 3 N–H and O–H groups in total. The molecule has 9 nitrogen and oxygen atoms in total. The number of amides is 1. The fourth-order valence-corrected chi connectivity index (χ4v) is 6.27. The van der Waals surface area contributed by atoms with E-state index in [2.05, 4.69) is 122 Å². The van der Waals surface area contributed by atoms with Crippen molar-refractivity contribution in [1.82, 2.24) is 5.32 Å². The third-order valence-electron chi connectivity index (χ3n) is 8.94. The number of unbranched alkanes of at least 4 members (excludes halogenated alkanes) is 10. The maximum absolute atomic E-state index is 12.1. The van der Waals surface area contributed by atoms with E-state index in [1.165, 1.54) is 32.1 Å². The van der Waals surface area contributed by atoms with Crippen molar-refractivity contribution >= 4 is 19.7 Å². The molecule has 0 heterocycles. The topological polar surface area (TPSA) is 131 Å². The lowest BCUT2D eigenvalue weighted by Gasteiger charge is -2.15. The Balaban J connectivity index is 3.75. The van der Waals surface area contributed by atoms with Gasteiger partial charge in [0.1, 0.15) is 12.7 Å². The van der Waals surface area contributed by atoms with E-state index in [1.807, 2.05) is 6.08 Å². The number of aliphatic hydroxyl groups excluding tert-OH is 1. The Labute approximate surface area is 365 Å². The van der Waals surface area contributed by atoms with Crippen LogP contribution in [0.4, 0.5) is 0 Å². The van der Waals surface area contributed by atoms with Gasteiger partial charge in [-0.25, -0.2) is 4.57 Å². The number of ether oxygens (including phenoxy) is 1. The van der Waals surface area contributed by atoms with Crippen LogP contribution in [0.5, 0.6) is 0 Å². The second-order valence-electron chi connectivity index (χ2n) is 14.6. The Hall–Kier alpha value is -3.33. The van der Waals surface area contributed by atoms with E-state index >= 15 is 0 Å². The minimum Gasteiger partial charge on any atom is -0.463 e. The second kappa shape index (κ2) is 45.2. The molecule has 2 atom stereocenters. The van der Waals surface area contributed by atoms with Crippen LogP contribution in [0, 0.1) is 0 Å².